The lowest BCUT2D eigenvalue weighted by Gasteiger charge is -2.08. The molecule has 0 unspecified atom stereocenters. The molecule has 0 radical (unpaired) electrons. The third-order valence-electron chi connectivity index (χ3n) is 1.76. The van der Waals surface area contributed by atoms with E-state index in [2.05, 4.69) is 15.9 Å². The van der Waals surface area contributed by atoms with E-state index < -0.39 is 11.9 Å². The molecule has 17 heavy (non-hydrogen) atoms. The van der Waals surface area contributed by atoms with Crippen molar-refractivity contribution in [3.8, 4) is 11.5 Å². The maximum Gasteiger partial charge on any atom is 0.318 e. The molecule has 0 aromatic heterocycles. The van der Waals surface area contributed by atoms with Crippen LogP contribution in [0.1, 0.15) is 0 Å². The molecule has 0 heterocycles. The summed E-state index contributed by atoms with van der Waals surface area (Å²) in [6, 6.07) is 4.11. The van der Waals surface area contributed by atoms with Crippen LogP contribution < -0.4 is 20.5 Å². The van der Waals surface area contributed by atoms with Crippen molar-refractivity contribution in [3.63, 3.8) is 0 Å². The summed E-state index contributed by atoms with van der Waals surface area (Å²) in [5.41, 5.74) is 4.78. The maximum absolute atomic E-state index is 11.1. The molecule has 0 atom stereocenters. The van der Waals surface area contributed by atoms with Gasteiger partial charge < -0.3 is 15.2 Å². The lowest BCUT2D eigenvalue weighted by Crippen LogP contribution is -2.38. The number of imide groups is 1. The minimum Gasteiger partial charge on any atom is -0.497 e. The highest BCUT2D eigenvalue weighted by atomic mass is 79.9. The van der Waals surface area contributed by atoms with Gasteiger partial charge in [0.25, 0.3) is 5.91 Å². The summed E-state index contributed by atoms with van der Waals surface area (Å²) in [4.78, 5) is 21.5. The zero-order chi connectivity index (χ0) is 12.8. The second-order valence-electron chi connectivity index (χ2n) is 3.00. The molecule has 1 rings (SSSR count). The fourth-order valence-electron chi connectivity index (χ4n) is 1.04. The van der Waals surface area contributed by atoms with E-state index >= 15 is 0 Å². The Labute approximate surface area is 106 Å². The molecular weight excluding hydrogens is 292 g/mol. The van der Waals surface area contributed by atoms with Gasteiger partial charge in [-0.15, -0.1) is 0 Å². The zero-order valence-electron chi connectivity index (χ0n) is 9.03. The molecule has 6 nitrogen and oxygen atoms in total. The van der Waals surface area contributed by atoms with Crippen LogP contribution in [-0.4, -0.2) is 25.7 Å². The summed E-state index contributed by atoms with van der Waals surface area (Å²) in [6.45, 7) is -0.298. The van der Waals surface area contributed by atoms with Crippen molar-refractivity contribution in [2.75, 3.05) is 13.7 Å². The molecular formula is C10H11BrN2O4. The molecule has 92 valence electrons. The van der Waals surface area contributed by atoms with Gasteiger partial charge in [0.05, 0.1) is 11.6 Å². The van der Waals surface area contributed by atoms with E-state index in [0.717, 1.165) is 0 Å². The van der Waals surface area contributed by atoms with E-state index in [4.69, 9.17) is 15.2 Å². The Morgan fingerprint density at radius 2 is 2.18 bits per heavy atom. The van der Waals surface area contributed by atoms with E-state index in [1.807, 2.05) is 5.32 Å². The Hall–Kier alpha value is -1.76. The first-order valence-electron chi connectivity index (χ1n) is 4.58. The number of methoxy groups -OCH3 is 1. The number of halogens is 1. The van der Waals surface area contributed by atoms with E-state index in [1.54, 1.807) is 25.3 Å². The number of amides is 3. The summed E-state index contributed by atoms with van der Waals surface area (Å²) in [5, 5.41) is 1.89. The molecule has 1 aromatic carbocycles. The van der Waals surface area contributed by atoms with Gasteiger partial charge in [0.1, 0.15) is 11.5 Å². The van der Waals surface area contributed by atoms with E-state index in [-0.39, 0.29) is 6.61 Å². The molecule has 0 saturated heterocycles. The van der Waals surface area contributed by atoms with Crippen LogP contribution >= 0.6 is 15.9 Å². The largest absolute Gasteiger partial charge is 0.497 e. The minimum absolute atomic E-state index is 0.298. The average Bonchev–Trinajstić information content (AvgIpc) is 2.26. The van der Waals surface area contributed by atoms with Crippen molar-refractivity contribution in [3.05, 3.63) is 22.7 Å². The van der Waals surface area contributed by atoms with Crippen LogP contribution in [-0.2, 0) is 4.79 Å². The molecule has 0 aliphatic rings. The number of nitrogens with one attached hydrogen (secondary N) is 1. The minimum atomic E-state index is -0.910. The number of rotatable bonds is 4. The number of benzene rings is 1. The van der Waals surface area contributed by atoms with E-state index in [0.29, 0.717) is 16.0 Å². The second-order valence-corrected chi connectivity index (χ2v) is 3.85. The van der Waals surface area contributed by atoms with Gasteiger partial charge in [-0.05, 0) is 34.1 Å². The number of nitrogens with two attached hydrogens (primary N) is 1. The maximum atomic E-state index is 11.1. The van der Waals surface area contributed by atoms with Gasteiger partial charge in [-0.2, -0.15) is 0 Å². The highest BCUT2D eigenvalue weighted by Gasteiger charge is 2.07. The number of carbonyl (C=O) groups is 2. The average molecular weight is 303 g/mol. The molecule has 7 heteroatoms. The van der Waals surface area contributed by atoms with Crippen molar-refractivity contribution in [2.45, 2.75) is 0 Å². The summed E-state index contributed by atoms with van der Waals surface area (Å²) >= 11 is 3.26. The molecule has 1 aromatic rings. The number of ether oxygens (including phenoxy) is 2. The number of primary amides is 1. The molecule has 0 aliphatic heterocycles. The Morgan fingerprint density at radius 1 is 1.47 bits per heavy atom. The van der Waals surface area contributed by atoms with Crippen molar-refractivity contribution in [1.82, 2.24) is 5.32 Å². The van der Waals surface area contributed by atoms with Crippen LogP contribution in [0.2, 0.25) is 0 Å². The number of carbonyl (C=O) groups excluding carboxylic acids is 2. The number of hydrogen-bond acceptors (Lipinski definition) is 4. The molecule has 3 N–H and O–H groups in total. The third kappa shape index (κ3) is 4.31. The molecule has 0 spiro atoms. The smallest absolute Gasteiger partial charge is 0.318 e. The van der Waals surface area contributed by atoms with Gasteiger partial charge in [0.15, 0.2) is 6.61 Å². The molecule has 0 fully saturated rings. The summed E-state index contributed by atoms with van der Waals surface area (Å²) in [5.74, 6) is 0.511. The molecule has 0 saturated carbocycles. The van der Waals surface area contributed by atoms with Crippen molar-refractivity contribution in [2.24, 2.45) is 5.73 Å². The lowest BCUT2D eigenvalue weighted by molar-refractivity contribution is -0.121. The van der Waals surface area contributed by atoms with Gasteiger partial charge in [-0.3, -0.25) is 10.1 Å². The second kappa shape index (κ2) is 6.09. The van der Waals surface area contributed by atoms with Crippen LogP contribution in [0.15, 0.2) is 22.7 Å². The molecule has 3 amide bonds. The quantitative estimate of drug-likeness (QED) is 0.869. The van der Waals surface area contributed by atoms with E-state index in [9.17, 15) is 9.59 Å². The van der Waals surface area contributed by atoms with Crippen molar-refractivity contribution >= 4 is 27.9 Å². The predicted molar refractivity (Wildman–Crippen MR) is 63.9 cm³/mol. The fourth-order valence-corrected chi connectivity index (χ4v) is 1.51. The molecule has 0 bridgehead atoms. The SMILES string of the molecule is COc1ccc(OCC(=O)NC(N)=O)c(Br)c1. The first-order valence-corrected chi connectivity index (χ1v) is 5.38. The monoisotopic (exact) mass is 302 g/mol. The third-order valence-corrected chi connectivity index (χ3v) is 2.38. The van der Waals surface area contributed by atoms with E-state index in [1.165, 1.54) is 0 Å². The first kappa shape index (κ1) is 13.3. The van der Waals surface area contributed by atoms with Crippen molar-refractivity contribution in [1.29, 1.82) is 0 Å². The zero-order valence-corrected chi connectivity index (χ0v) is 10.6. The van der Waals surface area contributed by atoms with Gasteiger partial charge in [-0.1, -0.05) is 0 Å². The van der Waals surface area contributed by atoms with Gasteiger partial charge in [0, 0.05) is 0 Å². The first-order chi connectivity index (χ1) is 8.02. The fraction of sp³-hybridized carbons (Fsp3) is 0.200. The Balaban J connectivity index is 2.57. The highest BCUT2D eigenvalue weighted by molar-refractivity contribution is 9.10. The summed E-state index contributed by atoms with van der Waals surface area (Å²) in [7, 11) is 1.54. The van der Waals surface area contributed by atoms with Crippen LogP contribution in [0.4, 0.5) is 4.79 Å². The lowest BCUT2D eigenvalue weighted by atomic mass is 10.3. The van der Waals surface area contributed by atoms with Crippen LogP contribution in [0, 0.1) is 0 Å². The molecule has 0 aliphatic carbocycles. The highest BCUT2D eigenvalue weighted by Crippen LogP contribution is 2.28. The van der Waals surface area contributed by atoms with Gasteiger partial charge in [0.2, 0.25) is 0 Å². The normalized spacial score (nSPS) is 9.53. The number of hydrogen-bond donors (Lipinski definition) is 2. The summed E-state index contributed by atoms with van der Waals surface area (Å²) < 4.78 is 10.8. The Morgan fingerprint density at radius 3 is 2.71 bits per heavy atom. The van der Waals surface area contributed by atoms with Crippen LogP contribution in [0.5, 0.6) is 11.5 Å². The van der Waals surface area contributed by atoms with Crippen molar-refractivity contribution < 1.29 is 19.1 Å². The van der Waals surface area contributed by atoms with Gasteiger partial charge >= 0.3 is 6.03 Å². The standard InChI is InChI=1S/C10H11BrN2O4/c1-16-6-2-3-8(7(11)4-6)17-5-9(14)13-10(12)15/h2-4H,5H2,1H3,(H3,12,13,14,15). The Bertz CT molecular complexity index is 436. The summed E-state index contributed by atoms with van der Waals surface area (Å²) in [6.07, 6.45) is 0. The van der Waals surface area contributed by atoms with Crippen LogP contribution in [0.25, 0.3) is 0 Å². The number of urea groups is 1. The topological polar surface area (TPSA) is 90.7 Å². The predicted octanol–water partition coefficient (Wildman–Crippen LogP) is 1.03. The van der Waals surface area contributed by atoms with Crippen LogP contribution in [0.3, 0.4) is 0 Å². The van der Waals surface area contributed by atoms with Gasteiger partial charge in [-0.25, -0.2) is 4.79 Å². The Kier molecular flexibility index (Phi) is 4.77.